The lowest BCUT2D eigenvalue weighted by Gasteiger charge is -2.43. The van der Waals surface area contributed by atoms with Crippen LogP contribution in [0, 0.1) is 10.1 Å². The number of carbonyl (C=O) groups excluding carboxylic acids is 1. The topological polar surface area (TPSA) is 87.9 Å². The second-order valence-corrected chi connectivity index (χ2v) is 14.2. The first-order valence-electron chi connectivity index (χ1n) is 12.6. The van der Waals surface area contributed by atoms with Crippen LogP contribution >= 0.6 is 0 Å². The van der Waals surface area contributed by atoms with Gasteiger partial charge in [-0.25, -0.2) is 4.79 Å². The van der Waals surface area contributed by atoms with Crippen LogP contribution in [0.1, 0.15) is 46.5 Å². The van der Waals surface area contributed by atoms with Crippen molar-refractivity contribution < 1.29 is 23.6 Å². The zero-order chi connectivity index (χ0) is 26.7. The summed E-state index contributed by atoms with van der Waals surface area (Å²) in [7, 11) is -2.51. The van der Waals surface area contributed by atoms with Gasteiger partial charge in [0.15, 0.2) is 0 Å². The molecule has 0 fully saturated rings. The fraction of sp³-hybridized carbons (Fsp3) is 0.345. The second-order valence-electron chi connectivity index (χ2n) is 9.88. The van der Waals surface area contributed by atoms with E-state index in [1.807, 2.05) is 12.1 Å². The van der Waals surface area contributed by atoms with E-state index < -0.39 is 19.4 Å². The highest BCUT2D eigenvalue weighted by Gasteiger charge is 2.49. The van der Waals surface area contributed by atoms with Crippen LogP contribution in [0.4, 0.5) is 10.5 Å². The Morgan fingerprint density at radius 2 is 1.30 bits per heavy atom. The largest absolute Gasteiger partial charge is 0.513 e. The number of ether oxygens (including phenoxy) is 2. The molecule has 3 rings (SSSR count). The number of nitrogens with zero attached hydrogens (tertiary/aromatic N) is 1. The number of non-ortho nitro benzene ring substituents is 1. The summed E-state index contributed by atoms with van der Waals surface area (Å²) >= 11 is 0. The summed E-state index contributed by atoms with van der Waals surface area (Å²) in [4.78, 5) is 22.0. The summed E-state index contributed by atoms with van der Waals surface area (Å²) in [5.41, 5.74) is -0.0698. The maximum atomic E-state index is 11.8. The van der Waals surface area contributed by atoms with E-state index in [2.05, 4.69) is 69.3 Å². The molecule has 0 saturated carbocycles. The van der Waals surface area contributed by atoms with Crippen molar-refractivity contribution in [2.75, 3.05) is 13.2 Å². The molecule has 0 heterocycles. The van der Waals surface area contributed by atoms with Crippen LogP contribution in [0.15, 0.2) is 84.9 Å². The monoisotopic (exact) mass is 521 g/mol. The van der Waals surface area contributed by atoms with Crippen molar-refractivity contribution in [1.29, 1.82) is 0 Å². The predicted octanol–water partition coefficient (Wildman–Crippen LogP) is 6.25. The van der Waals surface area contributed by atoms with E-state index in [0.717, 1.165) is 19.3 Å². The molecule has 0 bridgehead atoms. The molecular weight excluding hydrogens is 486 g/mol. The average molecular weight is 522 g/mol. The number of hydrogen-bond donors (Lipinski definition) is 0. The number of carbonyl (C=O) groups is 1. The van der Waals surface area contributed by atoms with Gasteiger partial charge in [-0.05, 0) is 46.8 Å². The first kappa shape index (κ1) is 28.1. The number of rotatable bonds is 12. The molecule has 0 radical (unpaired) electrons. The van der Waals surface area contributed by atoms with Crippen molar-refractivity contribution in [3.05, 3.63) is 95.0 Å². The second kappa shape index (κ2) is 13.2. The first-order valence-corrected chi connectivity index (χ1v) is 14.5. The van der Waals surface area contributed by atoms with Crippen LogP contribution in [0.25, 0.3) is 0 Å². The van der Waals surface area contributed by atoms with Crippen molar-refractivity contribution in [2.24, 2.45) is 0 Å². The van der Waals surface area contributed by atoms with E-state index in [0.29, 0.717) is 13.0 Å². The smallest absolute Gasteiger partial charge is 0.434 e. The first-order chi connectivity index (χ1) is 17.7. The van der Waals surface area contributed by atoms with E-state index in [9.17, 15) is 14.9 Å². The maximum Gasteiger partial charge on any atom is 0.513 e. The van der Waals surface area contributed by atoms with Crippen molar-refractivity contribution in [3.63, 3.8) is 0 Å². The minimum Gasteiger partial charge on any atom is -0.434 e. The molecule has 0 aromatic heterocycles. The molecule has 0 atom stereocenters. The summed E-state index contributed by atoms with van der Waals surface area (Å²) in [5.74, 6) is 0.205. The van der Waals surface area contributed by atoms with Gasteiger partial charge in [0.1, 0.15) is 5.75 Å². The zero-order valence-corrected chi connectivity index (χ0v) is 22.7. The van der Waals surface area contributed by atoms with Gasteiger partial charge in [-0.2, -0.15) is 0 Å². The summed E-state index contributed by atoms with van der Waals surface area (Å²) in [6, 6.07) is 26.5. The molecule has 0 aliphatic heterocycles. The molecule has 196 valence electrons. The summed E-state index contributed by atoms with van der Waals surface area (Å²) in [6.07, 6.45) is 2.67. The third-order valence-corrected chi connectivity index (χ3v) is 11.3. The minimum absolute atomic E-state index is 0.0480. The van der Waals surface area contributed by atoms with Gasteiger partial charge in [0.25, 0.3) is 14.0 Å². The lowest BCUT2D eigenvalue weighted by Crippen LogP contribution is -2.66. The van der Waals surface area contributed by atoms with Crippen molar-refractivity contribution in [3.8, 4) is 5.75 Å². The Morgan fingerprint density at radius 3 is 1.78 bits per heavy atom. The Kier molecular flexibility index (Phi) is 9.99. The van der Waals surface area contributed by atoms with Crippen molar-refractivity contribution >= 4 is 30.5 Å². The summed E-state index contributed by atoms with van der Waals surface area (Å²) in [6.45, 7) is 7.72. The Balaban J connectivity index is 1.46. The fourth-order valence-corrected chi connectivity index (χ4v) is 9.07. The molecule has 0 saturated heterocycles. The number of nitro groups is 1. The third kappa shape index (κ3) is 7.50. The van der Waals surface area contributed by atoms with Gasteiger partial charge >= 0.3 is 6.16 Å². The van der Waals surface area contributed by atoms with E-state index in [-0.39, 0.29) is 23.1 Å². The number of unbranched alkanes of at least 4 members (excludes halogenated alkanes) is 3. The molecule has 0 spiro atoms. The maximum absolute atomic E-state index is 11.8. The van der Waals surface area contributed by atoms with Crippen LogP contribution in [0.3, 0.4) is 0 Å². The Labute approximate surface area is 219 Å². The molecule has 0 unspecified atom stereocenters. The normalized spacial score (nSPS) is 11.6. The van der Waals surface area contributed by atoms with E-state index in [1.54, 1.807) is 0 Å². The van der Waals surface area contributed by atoms with Crippen LogP contribution < -0.4 is 15.1 Å². The molecule has 3 aromatic carbocycles. The van der Waals surface area contributed by atoms with E-state index in [1.165, 1.54) is 34.6 Å². The molecule has 8 heteroatoms. The van der Waals surface area contributed by atoms with E-state index >= 15 is 0 Å². The molecule has 7 nitrogen and oxygen atoms in total. The molecule has 0 aliphatic carbocycles. The van der Waals surface area contributed by atoms with E-state index in [4.69, 9.17) is 13.9 Å². The predicted molar refractivity (Wildman–Crippen MR) is 147 cm³/mol. The fourth-order valence-electron chi connectivity index (χ4n) is 4.46. The zero-order valence-electron chi connectivity index (χ0n) is 21.7. The highest BCUT2D eigenvalue weighted by atomic mass is 28.4. The number of nitro benzene ring substituents is 1. The lowest BCUT2D eigenvalue weighted by molar-refractivity contribution is -0.384. The highest BCUT2D eigenvalue weighted by molar-refractivity contribution is 6.99. The molecule has 0 N–H and O–H groups in total. The van der Waals surface area contributed by atoms with Crippen LogP contribution in [-0.4, -0.2) is 32.6 Å². The highest BCUT2D eigenvalue weighted by Crippen LogP contribution is 2.36. The summed E-state index contributed by atoms with van der Waals surface area (Å²) in [5, 5.41) is 13.2. The van der Waals surface area contributed by atoms with Gasteiger partial charge in [0.05, 0.1) is 11.5 Å². The standard InChI is InChI=1S/C29H35NO6Si/c1-29(2,3)37(26-14-8-6-9-15-26,27-16-10-7-11-17-27)35-23-13-5-4-12-22-34-28(31)36-25-20-18-24(19-21-25)30(32)33/h6-11,14-21H,4-5,12-13,22-23H2,1-3H3. The van der Waals surface area contributed by atoms with Gasteiger partial charge in [-0.1, -0.05) is 87.9 Å². The van der Waals surface area contributed by atoms with Crippen LogP contribution in [-0.2, 0) is 9.16 Å². The Bertz CT molecular complexity index is 1090. The molecule has 3 aromatic rings. The van der Waals surface area contributed by atoms with Gasteiger partial charge in [-0.15, -0.1) is 0 Å². The third-order valence-electron chi connectivity index (χ3n) is 6.24. The quantitative estimate of drug-likeness (QED) is 0.0699. The van der Waals surface area contributed by atoms with Crippen LogP contribution in [0.2, 0.25) is 5.04 Å². The molecule has 0 amide bonds. The van der Waals surface area contributed by atoms with Gasteiger partial charge in [0, 0.05) is 18.7 Å². The van der Waals surface area contributed by atoms with Crippen LogP contribution in [0.5, 0.6) is 5.75 Å². The van der Waals surface area contributed by atoms with Crippen molar-refractivity contribution in [2.45, 2.75) is 51.5 Å². The SMILES string of the molecule is CC(C)(C)[Si](OCCCCCCOC(=O)Oc1ccc([N+](=O)[O-])cc1)(c1ccccc1)c1ccccc1. The van der Waals surface area contributed by atoms with Gasteiger partial charge in [-0.3, -0.25) is 10.1 Å². The molecule has 0 aliphatic rings. The summed E-state index contributed by atoms with van der Waals surface area (Å²) < 4.78 is 17.1. The lowest BCUT2D eigenvalue weighted by atomic mass is 10.2. The average Bonchev–Trinajstić information content (AvgIpc) is 2.88. The Morgan fingerprint density at radius 1 is 0.784 bits per heavy atom. The number of hydrogen-bond acceptors (Lipinski definition) is 6. The molecular formula is C29H35NO6Si. The molecule has 37 heavy (non-hydrogen) atoms. The van der Waals surface area contributed by atoms with Crippen molar-refractivity contribution in [1.82, 2.24) is 0 Å². The number of benzene rings is 3. The minimum atomic E-state index is -2.51. The van der Waals surface area contributed by atoms with Gasteiger partial charge in [0.2, 0.25) is 0 Å². The Hall–Kier alpha value is -3.49. The van der Waals surface area contributed by atoms with Gasteiger partial charge < -0.3 is 13.9 Å².